The first-order valence-electron chi connectivity index (χ1n) is 6.95. The van der Waals surface area contributed by atoms with Crippen molar-refractivity contribution in [3.63, 3.8) is 0 Å². The Morgan fingerprint density at radius 3 is 3.00 bits per heavy atom. The zero-order chi connectivity index (χ0) is 13.2. The Labute approximate surface area is 117 Å². The van der Waals surface area contributed by atoms with Crippen LogP contribution in [0.5, 0.6) is 0 Å². The van der Waals surface area contributed by atoms with Gasteiger partial charge in [0.25, 0.3) is 0 Å². The standard InChI is InChI=1S/C13H28N2O2S/c1-12(2)3-6-16-7-4-15-5-8-17-13(10-15)9-14-11-18/h12-14,18H,3-11H2,1-2H3. The van der Waals surface area contributed by atoms with Gasteiger partial charge in [-0.25, -0.2) is 0 Å². The molecule has 0 aromatic carbocycles. The largest absolute Gasteiger partial charge is 0.380 e. The van der Waals surface area contributed by atoms with Gasteiger partial charge >= 0.3 is 0 Å². The molecule has 0 spiro atoms. The summed E-state index contributed by atoms with van der Waals surface area (Å²) in [7, 11) is 0. The van der Waals surface area contributed by atoms with Crippen LogP contribution in [0.4, 0.5) is 0 Å². The number of nitrogens with one attached hydrogen (secondary N) is 1. The Hall–Kier alpha value is 0.190. The molecule has 0 bridgehead atoms. The second-order valence-electron chi connectivity index (χ2n) is 5.20. The van der Waals surface area contributed by atoms with Gasteiger partial charge in [-0.2, -0.15) is 12.6 Å². The van der Waals surface area contributed by atoms with Gasteiger partial charge in [-0.1, -0.05) is 13.8 Å². The van der Waals surface area contributed by atoms with E-state index in [1.54, 1.807) is 0 Å². The molecule has 0 saturated carbocycles. The molecule has 4 nitrogen and oxygen atoms in total. The maximum Gasteiger partial charge on any atom is 0.0827 e. The summed E-state index contributed by atoms with van der Waals surface area (Å²) in [6.45, 7) is 10.9. The first-order chi connectivity index (χ1) is 8.72. The molecule has 108 valence electrons. The number of nitrogens with zero attached hydrogens (tertiary/aromatic N) is 1. The number of morpholine rings is 1. The van der Waals surface area contributed by atoms with Gasteiger partial charge in [0.15, 0.2) is 0 Å². The predicted octanol–water partition coefficient (Wildman–Crippen LogP) is 1.23. The molecule has 1 N–H and O–H groups in total. The Balaban J connectivity index is 2.03. The smallest absolute Gasteiger partial charge is 0.0827 e. The van der Waals surface area contributed by atoms with Crippen LogP contribution < -0.4 is 5.32 Å². The van der Waals surface area contributed by atoms with Crippen LogP contribution in [-0.2, 0) is 9.47 Å². The third-order valence-corrected chi connectivity index (χ3v) is 3.32. The summed E-state index contributed by atoms with van der Waals surface area (Å²) in [6.07, 6.45) is 1.44. The fraction of sp³-hybridized carbons (Fsp3) is 1.00. The van der Waals surface area contributed by atoms with E-state index in [-0.39, 0.29) is 0 Å². The molecule has 1 unspecified atom stereocenters. The predicted molar refractivity (Wildman–Crippen MR) is 78.3 cm³/mol. The quantitative estimate of drug-likeness (QED) is 0.377. The molecular formula is C13H28N2O2S. The van der Waals surface area contributed by atoms with Gasteiger partial charge in [-0.3, -0.25) is 4.90 Å². The minimum Gasteiger partial charge on any atom is -0.380 e. The maximum atomic E-state index is 5.69. The summed E-state index contributed by atoms with van der Waals surface area (Å²) in [5.74, 6) is 1.43. The Morgan fingerprint density at radius 1 is 1.44 bits per heavy atom. The zero-order valence-corrected chi connectivity index (χ0v) is 12.6. The van der Waals surface area contributed by atoms with Gasteiger partial charge < -0.3 is 14.8 Å². The average Bonchev–Trinajstić information content (AvgIpc) is 2.36. The van der Waals surface area contributed by atoms with Gasteiger partial charge in [-0.05, 0) is 12.3 Å². The van der Waals surface area contributed by atoms with Crippen molar-refractivity contribution in [1.82, 2.24) is 10.2 Å². The second-order valence-corrected chi connectivity index (χ2v) is 5.52. The molecule has 1 aliphatic rings. The fourth-order valence-electron chi connectivity index (χ4n) is 1.95. The van der Waals surface area contributed by atoms with E-state index < -0.39 is 0 Å². The monoisotopic (exact) mass is 276 g/mol. The van der Waals surface area contributed by atoms with Crippen LogP contribution in [0.1, 0.15) is 20.3 Å². The third-order valence-electron chi connectivity index (χ3n) is 3.10. The Bertz CT molecular complexity index is 205. The van der Waals surface area contributed by atoms with Crippen LogP contribution in [0.3, 0.4) is 0 Å². The lowest BCUT2D eigenvalue weighted by molar-refractivity contribution is -0.0346. The molecule has 1 saturated heterocycles. The van der Waals surface area contributed by atoms with E-state index in [1.807, 2.05) is 0 Å². The second kappa shape index (κ2) is 10.0. The first kappa shape index (κ1) is 16.2. The topological polar surface area (TPSA) is 33.7 Å². The molecule has 0 aromatic rings. The van der Waals surface area contributed by atoms with E-state index in [1.165, 1.54) is 0 Å². The highest BCUT2D eigenvalue weighted by Gasteiger charge is 2.19. The van der Waals surface area contributed by atoms with E-state index in [4.69, 9.17) is 9.47 Å². The first-order valence-corrected chi connectivity index (χ1v) is 7.59. The molecule has 0 aliphatic carbocycles. The highest BCUT2D eigenvalue weighted by atomic mass is 32.1. The molecule has 1 atom stereocenters. The highest BCUT2D eigenvalue weighted by molar-refractivity contribution is 7.80. The summed E-state index contributed by atoms with van der Waals surface area (Å²) in [5, 5.41) is 3.21. The maximum absolute atomic E-state index is 5.69. The highest BCUT2D eigenvalue weighted by Crippen LogP contribution is 2.04. The summed E-state index contributed by atoms with van der Waals surface area (Å²) < 4.78 is 11.3. The molecule has 1 heterocycles. The van der Waals surface area contributed by atoms with Crippen molar-refractivity contribution in [2.24, 2.45) is 5.92 Å². The van der Waals surface area contributed by atoms with E-state index in [0.29, 0.717) is 12.0 Å². The van der Waals surface area contributed by atoms with Crippen molar-refractivity contribution in [2.75, 3.05) is 51.9 Å². The minimum absolute atomic E-state index is 0.293. The van der Waals surface area contributed by atoms with Crippen LogP contribution in [0, 0.1) is 5.92 Å². The van der Waals surface area contributed by atoms with Crippen molar-refractivity contribution in [3.05, 3.63) is 0 Å². The van der Waals surface area contributed by atoms with Crippen molar-refractivity contribution < 1.29 is 9.47 Å². The van der Waals surface area contributed by atoms with Gasteiger partial charge in [0.2, 0.25) is 0 Å². The molecule has 0 amide bonds. The van der Waals surface area contributed by atoms with E-state index in [9.17, 15) is 0 Å². The lowest BCUT2D eigenvalue weighted by Crippen LogP contribution is -2.47. The van der Waals surface area contributed by atoms with Crippen molar-refractivity contribution in [3.8, 4) is 0 Å². The molecule has 18 heavy (non-hydrogen) atoms. The van der Waals surface area contributed by atoms with Gasteiger partial charge in [-0.15, -0.1) is 0 Å². The Morgan fingerprint density at radius 2 is 2.28 bits per heavy atom. The van der Waals surface area contributed by atoms with Crippen LogP contribution in [0.25, 0.3) is 0 Å². The molecule has 1 fully saturated rings. The summed E-state index contributed by atoms with van der Waals surface area (Å²) in [4.78, 5) is 2.42. The normalized spacial score (nSPS) is 21.7. The number of ether oxygens (including phenoxy) is 2. The molecular weight excluding hydrogens is 248 g/mol. The van der Waals surface area contributed by atoms with Gasteiger partial charge in [0.1, 0.15) is 0 Å². The average molecular weight is 276 g/mol. The summed E-state index contributed by atoms with van der Waals surface area (Å²) in [6, 6.07) is 0. The number of rotatable bonds is 9. The SMILES string of the molecule is CC(C)CCOCCN1CCOC(CNCS)C1. The lowest BCUT2D eigenvalue weighted by Gasteiger charge is -2.32. The van der Waals surface area contributed by atoms with Crippen LogP contribution >= 0.6 is 12.6 Å². The van der Waals surface area contributed by atoms with E-state index in [2.05, 4.69) is 36.7 Å². The zero-order valence-electron chi connectivity index (χ0n) is 11.7. The van der Waals surface area contributed by atoms with Gasteiger partial charge in [0, 0.05) is 38.7 Å². The number of hydrogen-bond acceptors (Lipinski definition) is 5. The molecule has 1 rings (SSSR count). The van der Waals surface area contributed by atoms with Crippen LogP contribution in [0.2, 0.25) is 0 Å². The third kappa shape index (κ3) is 7.59. The summed E-state index contributed by atoms with van der Waals surface area (Å²) >= 11 is 4.14. The molecule has 5 heteroatoms. The minimum atomic E-state index is 0.293. The van der Waals surface area contributed by atoms with Gasteiger partial charge in [0.05, 0.1) is 19.3 Å². The van der Waals surface area contributed by atoms with Crippen molar-refractivity contribution >= 4 is 12.6 Å². The van der Waals surface area contributed by atoms with Crippen LogP contribution in [-0.4, -0.2) is 62.9 Å². The lowest BCUT2D eigenvalue weighted by atomic mass is 10.1. The van der Waals surface area contributed by atoms with E-state index >= 15 is 0 Å². The Kier molecular flexibility index (Phi) is 9.06. The van der Waals surface area contributed by atoms with E-state index in [0.717, 1.165) is 58.3 Å². The van der Waals surface area contributed by atoms with Crippen LogP contribution in [0.15, 0.2) is 0 Å². The number of thiol groups is 1. The molecule has 0 aromatic heterocycles. The van der Waals surface area contributed by atoms with Crippen molar-refractivity contribution in [1.29, 1.82) is 0 Å². The molecule has 1 aliphatic heterocycles. The fourth-order valence-corrected chi connectivity index (χ4v) is 2.08. The number of hydrogen-bond donors (Lipinski definition) is 2. The molecule has 0 radical (unpaired) electrons. The summed E-state index contributed by atoms with van der Waals surface area (Å²) in [5.41, 5.74) is 0. The van der Waals surface area contributed by atoms with Crippen molar-refractivity contribution in [2.45, 2.75) is 26.4 Å².